The molecule has 4 heteroatoms. The van der Waals surface area contributed by atoms with Crippen molar-refractivity contribution in [2.75, 3.05) is 11.1 Å². The quantitative estimate of drug-likeness (QED) is 0.827. The minimum Gasteiger partial charge on any atom is -0.398 e. The molecule has 0 aliphatic carbocycles. The number of nitrogens with two attached hydrogens (primary N) is 1. The molecular weight excluding hydrogens is 246 g/mol. The van der Waals surface area contributed by atoms with Crippen molar-refractivity contribution in [2.45, 2.75) is 19.9 Å². The smallest absolute Gasteiger partial charge is 0.0656 e. The highest BCUT2D eigenvalue weighted by atomic mass is 35.5. The van der Waals surface area contributed by atoms with Gasteiger partial charge in [-0.2, -0.15) is 0 Å². The molecular formula is C14H16ClN3. The van der Waals surface area contributed by atoms with Crippen LogP contribution in [0, 0.1) is 6.92 Å². The van der Waals surface area contributed by atoms with Crippen LogP contribution in [0.3, 0.4) is 0 Å². The highest BCUT2D eigenvalue weighted by molar-refractivity contribution is 6.33. The summed E-state index contributed by atoms with van der Waals surface area (Å²) in [5.74, 6) is 0. The van der Waals surface area contributed by atoms with Crippen molar-refractivity contribution in [3.63, 3.8) is 0 Å². The van der Waals surface area contributed by atoms with Crippen molar-refractivity contribution in [2.24, 2.45) is 0 Å². The maximum absolute atomic E-state index is 6.04. The van der Waals surface area contributed by atoms with E-state index in [-0.39, 0.29) is 6.04 Å². The second-order valence-electron chi connectivity index (χ2n) is 4.34. The molecule has 1 unspecified atom stereocenters. The lowest BCUT2D eigenvalue weighted by atomic mass is 10.1. The Morgan fingerprint density at radius 1 is 1.28 bits per heavy atom. The average molecular weight is 262 g/mol. The first-order valence-electron chi connectivity index (χ1n) is 5.80. The summed E-state index contributed by atoms with van der Waals surface area (Å²) in [5.41, 5.74) is 9.63. The Labute approximate surface area is 112 Å². The van der Waals surface area contributed by atoms with Gasteiger partial charge in [-0.05, 0) is 49.2 Å². The molecule has 18 heavy (non-hydrogen) atoms. The van der Waals surface area contributed by atoms with Crippen LogP contribution in [0.5, 0.6) is 0 Å². The van der Waals surface area contributed by atoms with Gasteiger partial charge in [-0.25, -0.2) is 0 Å². The van der Waals surface area contributed by atoms with Crippen molar-refractivity contribution in [1.82, 2.24) is 4.98 Å². The number of aryl methyl sites for hydroxylation is 1. The van der Waals surface area contributed by atoms with Crippen LogP contribution in [0.25, 0.3) is 0 Å². The number of nitrogens with zero attached hydrogens (tertiary/aromatic N) is 1. The van der Waals surface area contributed by atoms with Crippen molar-refractivity contribution in [3.05, 3.63) is 52.8 Å². The maximum atomic E-state index is 6.04. The highest BCUT2D eigenvalue weighted by Crippen LogP contribution is 2.29. The molecule has 2 rings (SSSR count). The van der Waals surface area contributed by atoms with Gasteiger partial charge in [0.1, 0.15) is 0 Å². The molecule has 0 radical (unpaired) electrons. The van der Waals surface area contributed by atoms with Gasteiger partial charge < -0.3 is 11.1 Å². The summed E-state index contributed by atoms with van der Waals surface area (Å²) in [5, 5.41) is 4.00. The number of pyridine rings is 1. The van der Waals surface area contributed by atoms with Crippen molar-refractivity contribution in [3.8, 4) is 0 Å². The largest absolute Gasteiger partial charge is 0.398 e. The van der Waals surface area contributed by atoms with E-state index in [1.807, 2.05) is 31.2 Å². The summed E-state index contributed by atoms with van der Waals surface area (Å²) in [6.07, 6.45) is 3.58. The molecule has 0 spiro atoms. The number of benzene rings is 1. The molecule has 1 heterocycles. The fraction of sp³-hybridized carbons (Fsp3) is 0.214. The summed E-state index contributed by atoms with van der Waals surface area (Å²) in [6, 6.07) is 7.91. The van der Waals surface area contributed by atoms with Gasteiger partial charge in [-0.15, -0.1) is 0 Å². The molecule has 1 aromatic heterocycles. The monoisotopic (exact) mass is 261 g/mol. The van der Waals surface area contributed by atoms with Crippen molar-refractivity contribution in [1.29, 1.82) is 0 Å². The van der Waals surface area contributed by atoms with Gasteiger partial charge in [0.15, 0.2) is 0 Å². The third kappa shape index (κ3) is 2.74. The molecule has 0 fully saturated rings. The van der Waals surface area contributed by atoms with Crippen molar-refractivity contribution < 1.29 is 0 Å². The Morgan fingerprint density at radius 3 is 2.61 bits per heavy atom. The van der Waals surface area contributed by atoms with Gasteiger partial charge >= 0.3 is 0 Å². The zero-order valence-corrected chi connectivity index (χ0v) is 11.2. The number of hydrogen-bond acceptors (Lipinski definition) is 3. The van der Waals surface area contributed by atoms with Gasteiger partial charge in [0.2, 0.25) is 0 Å². The number of nitrogen functional groups attached to an aromatic ring is 1. The van der Waals surface area contributed by atoms with E-state index in [1.165, 1.54) is 5.56 Å². The predicted molar refractivity (Wildman–Crippen MR) is 76.9 cm³/mol. The van der Waals surface area contributed by atoms with Gasteiger partial charge in [-0.3, -0.25) is 4.98 Å². The number of rotatable bonds is 3. The lowest BCUT2D eigenvalue weighted by Crippen LogP contribution is -2.08. The lowest BCUT2D eigenvalue weighted by molar-refractivity contribution is 0.879. The molecule has 1 atom stereocenters. The Bertz CT molecular complexity index is 540. The zero-order chi connectivity index (χ0) is 13.1. The summed E-state index contributed by atoms with van der Waals surface area (Å²) < 4.78 is 0. The van der Waals surface area contributed by atoms with E-state index in [0.717, 1.165) is 11.3 Å². The molecule has 3 nitrogen and oxygen atoms in total. The van der Waals surface area contributed by atoms with Crippen LogP contribution < -0.4 is 11.1 Å². The van der Waals surface area contributed by atoms with Gasteiger partial charge in [-0.1, -0.05) is 11.6 Å². The first-order chi connectivity index (χ1) is 8.58. The summed E-state index contributed by atoms with van der Waals surface area (Å²) in [4.78, 5) is 4.01. The fourth-order valence-electron chi connectivity index (χ4n) is 1.83. The van der Waals surface area contributed by atoms with Crippen LogP contribution in [-0.2, 0) is 0 Å². The van der Waals surface area contributed by atoms with E-state index in [9.17, 15) is 0 Å². The molecule has 3 N–H and O–H groups in total. The molecule has 94 valence electrons. The van der Waals surface area contributed by atoms with Crippen LogP contribution in [0.4, 0.5) is 11.4 Å². The third-order valence-corrected chi connectivity index (χ3v) is 3.25. The molecule has 0 saturated carbocycles. The SMILES string of the molecule is Cc1cc(N)c(Cl)cc1NC(C)c1ccncc1. The zero-order valence-electron chi connectivity index (χ0n) is 10.4. The fourth-order valence-corrected chi connectivity index (χ4v) is 1.99. The lowest BCUT2D eigenvalue weighted by Gasteiger charge is -2.18. The van der Waals surface area contributed by atoms with Gasteiger partial charge in [0, 0.05) is 24.1 Å². The Kier molecular flexibility index (Phi) is 3.72. The van der Waals surface area contributed by atoms with Crippen LogP contribution >= 0.6 is 11.6 Å². The molecule has 2 aromatic rings. The third-order valence-electron chi connectivity index (χ3n) is 2.92. The van der Waals surface area contributed by atoms with Gasteiger partial charge in [0.05, 0.1) is 10.7 Å². The Hall–Kier alpha value is -1.74. The number of halogens is 1. The van der Waals surface area contributed by atoms with Crippen LogP contribution in [0.1, 0.15) is 24.1 Å². The molecule has 0 aliphatic rings. The number of aromatic nitrogens is 1. The average Bonchev–Trinajstić information content (AvgIpc) is 2.37. The number of hydrogen-bond donors (Lipinski definition) is 2. The molecule has 0 amide bonds. The maximum Gasteiger partial charge on any atom is 0.0656 e. The standard InChI is InChI=1S/C14H16ClN3/c1-9-7-13(16)12(15)8-14(9)18-10(2)11-3-5-17-6-4-11/h3-8,10,18H,16H2,1-2H3. The highest BCUT2D eigenvalue weighted by Gasteiger charge is 2.08. The van der Waals surface area contributed by atoms with Gasteiger partial charge in [0.25, 0.3) is 0 Å². The summed E-state index contributed by atoms with van der Waals surface area (Å²) in [7, 11) is 0. The van der Waals surface area contributed by atoms with E-state index in [1.54, 1.807) is 12.4 Å². The second-order valence-corrected chi connectivity index (χ2v) is 4.74. The minimum atomic E-state index is 0.186. The summed E-state index contributed by atoms with van der Waals surface area (Å²) in [6.45, 7) is 4.10. The van der Waals surface area contributed by atoms with E-state index < -0.39 is 0 Å². The number of nitrogens with one attached hydrogen (secondary N) is 1. The first kappa shape index (κ1) is 12.7. The van der Waals surface area contributed by atoms with E-state index >= 15 is 0 Å². The Morgan fingerprint density at radius 2 is 1.94 bits per heavy atom. The van der Waals surface area contributed by atoms with Crippen LogP contribution in [0.15, 0.2) is 36.7 Å². The topological polar surface area (TPSA) is 50.9 Å². The van der Waals surface area contributed by atoms with Crippen molar-refractivity contribution >= 4 is 23.0 Å². The van der Waals surface area contributed by atoms with Crippen LogP contribution in [0.2, 0.25) is 5.02 Å². The minimum absolute atomic E-state index is 0.186. The van der Waals surface area contributed by atoms with Crippen LogP contribution in [-0.4, -0.2) is 4.98 Å². The van der Waals surface area contributed by atoms with E-state index in [0.29, 0.717) is 10.7 Å². The molecule has 0 aliphatic heterocycles. The van der Waals surface area contributed by atoms with E-state index in [2.05, 4.69) is 17.2 Å². The summed E-state index contributed by atoms with van der Waals surface area (Å²) >= 11 is 6.04. The Balaban J connectivity index is 2.22. The first-order valence-corrected chi connectivity index (χ1v) is 6.18. The number of anilines is 2. The predicted octanol–water partition coefficient (Wildman–Crippen LogP) is 3.80. The molecule has 0 bridgehead atoms. The van der Waals surface area contributed by atoms with E-state index in [4.69, 9.17) is 17.3 Å². The normalized spacial score (nSPS) is 12.2. The molecule has 0 saturated heterocycles. The molecule has 1 aromatic carbocycles. The second kappa shape index (κ2) is 5.27.